The number of nitrogens with zero attached hydrogens (tertiary/aromatic N) is 1. The minimum absolute atomic E-state index is 0.0275. The van der Waals surface area contributed by atoms with Gasteiger partial charge in [0.05, 0.1) is 34.3 Å². The van der Waals surface area contributed by atoms with Crippen LogP contribution in [-0.4, -0.2) is 17.7 Å². The number of rotatable bonds is 3. The molecule has 1 N–H and O–H groups in total. The molecular formula is C25H19F3N2O3. The summed E-state index contributed by atoms with van der Waals surface area (Å²) in [5.74, 6) is -1.39. The van der Waals surface area contributed by atoms with Crippen molar-refractivity contribution < 1.29 is 27.6 Å². The summed E-state index contributed by atoms with van der Waals surface area (Å²) in [6.07, 6.45) is 0.503. The van der Waals surface area contributed by atoms with Crippen molar-refractivity contribution in [2.75, 3.05) is 10.2 Å². The molecule has 3 fully saturated rings. The summed E-state index contributed by atoms with van der Waals surface area (Å²) in [6, 6.07) is 10.7. The monoisotopic (exact) mass is 452 g/mol. The fraction of sp³-hybridized carbons (Fsp3) is 0.320. The summed E-state index contributed by atoms with van der Waals surface area (Å²) in [4.78, 5) is 41.0. The van der Waals surface area contributed by atoms with Crippen LogP contribution in [0.2, 0.25) is 0 Å². The maximum atomic E-state index is 13.4. The van der Waals surface area contributed by atoms with Crippen molar-refractivity contribution in [1.29, 1.82) is 0 Å². The van der Waals surface area contributed by atoms with E-state index in [1.54, 1.807) is 12.1 Å². The molecule has 5 aliphatic rings. The van der Waals surface area contributed by atoms with Crippen molar-refractivity contribution in [2.45, 2.75) is 12.6 Å². The third-order valence-corrected chi connectivity index (χ3v) is 7.53. The lowest BCUT2D eigenvalue weighted by molar-refractivity contribution is -0.137. The minimum atomic E-state index is -4.65. The van der Waals surface area contributed by atoms with Crippen molar-refractivity contribution in [3.05, 3.63) is 71.8 Å². The zero-order valence-corrected chi connectivity index (χ0v) is 17.3. The Morgan fingerprint density at radius 1 is 0.879 bits per heavy atom. The summed E-state index contributed by atoms with van der Waals surface area (Å²) in [6.45, 7) is 0. The number of benzene rings is 2. The van der Waals surface area contributed by atoms with Crippen molar-refractivity contribution in [3.63, 3.8) is 0 Å². The second kappa shape index (κ2) is 6.79. The number of amides is 3. The van der Waals surface area contributed by atoms with Gasteiger partial charge in [-0.3, -0.25) is 14.4 Å². The van der Waals surface area contributed by atoms with Crippen molar-refractivity contribution in [1.82, 2.24) is 0 Å². The molecule has 168 valence electrons. The topological polar surface area (TPSA) is 66.5 Å². The first-order valence-corrected chi connectivity index (χ1v) is 10.9. The smallest absolute Gasteiger partial charge is 0.321 e. The van der Waals surface area contributed by atoms with E-state index in [-0.39, 0.29) is 40.6 Å². The first-order valence-electron chi connectivity index (χ1n) is 10.9. The SMILES string of the molecule is O=C(Nc1ccccc1C(F)(F)F)c1ccccc1N1C(=O)[C@@H]2[C@H]3C=C[C@H]([C@H]4C[C@H]34)[C@@H]2C1=O. The quantitative estimate of drug-likeness (QED) is 0.550. The summed E-state index contributed by atoms with van der Waals surface area (Å²) in [7, 11) is 0. The number of nitrogens with one attached hydrogen (secondary N) is 1. The number of carbonyl (C=O) groups excluding carboxylic acids is 3. The maximum absolute atomic E-state index is 13.4. The Hall–Kier alpha value is -3.42. The lowest BCUT2D eigenvalue weighted by atomic mass is 9.63. The lowest BCUT2D eigenvalue weighted by Gasteiger charge is -2.37. The molecule has 2 bridgehead atoms. The van der Waals surface area contributed by atoms with E-state index in [0.717, 1.165) is 17.4 Å². The Labute approximate surface area is 187 Å². The van der Waals surface area contributed by atoms with E-state index in [2.05, 4.69) is 17.5 Å². The molecule has 1 saturated heterocycles. The third kappa shape index (κ3) is 2.89. The van der Waals surface area contributed by atoms with Gasteiger partial charge in [0.15, 0.2) is 0 Å². The third-order valence-electron chi connectivity index (χ3n) is 7.53. The van der Waals surface area contributed by atoms with Crippen LogP contribution in [-0.2, 0) is 15.8 Å². The molecule has 0 spiro atoms. The average Bonchev–Trinajstić information content (AvgIpc) is 3.57. The summed E-state index contributed by atoms with van der Waals surface area (Å²) in [5.41, 5.74) is -1.28. The van der Waals surface area contributed by atoms with Crippen LogP contribution >= 0.6 is 0 Å². The number of anilines is 2. The number of hydrogen-bond acceptors (Lipinski definition) is 3. The van der Waals surface area contributed by atoms with Crippen LogP contribution in [0, 0.1) is 35.5 Å². The van der Waals surface area contributed by atoms with Gasteiger partial charge in [-0.15, -0.1) is 0 Å². The Kier molecular flexibility index (Phi) is 4.16. The molecule has 0 aromatic heterocycles. The van der Waals surface area contributed by atoms with Gasteiger partial charge in [0.2, 0.25) is 11.8 Å². The number of carbonyl (C=O) groups is 3. The lowest BCUT2D eigenvalue weighted by Crippen LogP contribution is -2.40. The molecule has 3 amide bonds. The molecule has 1 heterocycles. The first kappa shape index (κ1) is 20.2. The zero-order valence-electron chi connectivity index (χ0n) is 17.3. The standard InChI is InChI=1S/C25H19F3N2O3/c26-25(27,28)17-6-2-3-7-18(17)29-22(31)14-5-1-4-8-19(14)30-23(32)20-12-9-10-13(16-11-15(12)16)21(20)24(30)33/h1-10,12-13,15-16,20-21H,11H2,(H,29,31)/t12-,13+,15-,16-,20+,21-/m1/s1. The Balaban J connectivity index is 1.34. The molecule has 2 saturated carbocycles. The van der Waals surface area contributed by atoms with Crippen LogP contribution < -0.4 is 10.2 Å². The van der Waals surface area contributed by atoms with Crippen LogP contribution in [0.25, 0.3) is 0 Å². The molecule has 1 aliphatic heterocycles. The normalized spacial score (nSPS) is 31.4. The number of para-hydroxylation sites is 2. The summed E-state index contributed by atoms with van der Waals surface area (Å²) >= 11 is 0. The van der Waals surface area contributed by atoms with Gasteiger partial charge < -0.3 is 5.32 Å². The van der Waals surface area contributed by atoms with Gasteiger partial charge in [-0.05, 0) is 54.4 Å². The zero-order chi connectivity index (χ0) is 23.1. The van der Waals surface area contributed by atoms with Crippen molar-refractivity contribution in [3.8, 4) is 0 Å². The number of imide groups is 1. The van der Waals surface area contributed by atoms with Gasteiger partial charge in [0.25, 0.3) is 5.91 Å². The van der Waals surface area contributed by atoms with Crippen LogP contribution in [0.1, 0.15) is 22.3 Å². The fourth-order valence-corrected chi connectivity index (χ4v) is 6.08. The van der Waals surface area contributed by atoms with Gasteiger partial charge in [-0.25, -0.2) is 4.90 Å². The van der Waals surface area contributed by atoms with E-state index in [9.17, 15) is 27.6 Å². The van der Waals surface area contributed by atoms with Crippen LogP contribution in [0.5, 0.6) is 0 Å². The molecule has 2 aromatic carbocycles. The molecule has 0 unspecified atom stereocenters. The molecule has 6 atom stereocenters. The predicted molar refractivity (Wildman–Crippen MR) is 113 cm³/mol. The molecule has 0 radical (unpaired) electrons. The number of allylic oxidation sites excluding steroid dienone is 2. The highest BCUT2D eigenvalue weighted by Crippen LogP contribution is 2.65. The number of alkyl halides is 3. The predicted octanol–water partition coefficient (Wildman–Crippen LogP) is 4.52. The molecule has 2 aromatic rings. The van der Waals surface area contributed by atoms with Gasteiger partial charge in [-0.1, -0.05) is 36.4 Å². The second-order valence-corrected chi connectivity index (χ2v) is 9.18. The Morgan fingerprint density at radius 3 is 2.09 bits per heavy atom. The second-order valence-electron chi connectivity index (χ2n) is 9.18. The first-order chi connectivity index (χ1) is 15.8. The highest BCUT2D eigenvalue weighted by molar-refractivity contribution is 6.25. The van der Waals surface area contributed by atoms with Crippen LogP contribution in [0.3, 0.4) is 0 Å². The van der Waals surface area contributed by atoms with Gasteiger partial charge in [-0.2, -0.15) is 13.2 Å². The van der Waals surface area contributed by atoms with E-state index in [1.807, 2.05) is 0 Å². The Morgan fingerprint density at radius 2 is 1.45 bits per heavy atom. The van der Waals surface area contributed by atoms with Gasteiger partial charge >= 0.3 is 6.18 Å². The van der Waals surface area contributed by atoms with E-state index < -0.39 is 29.5 Å². The van der Waals surface area contributed by atoms with E-state index >= 15 is 0 Å². The largest absolute Gasteiger partial charge is 0.418 e. The minimum Gasteiger partial charge on any atom is -0.321 e. The molecule has 7 rings (SSSR count). The van der Waals surface area contributed by atoms with Gasteiger partial charge in [0.1, 0.15) is 0 Å². The molecular weight excluding hydrogens is 433 g/mol. The van der Waals surface area contributed by atoms with E-state index in [4.69, 9.17) is 0 Å². The maximum Gasteiger partial charge on any atom is 0.418 e. The van der Waals surface area contributed by atoms with Crippen LogP contribution in [0.4, 0.5) is 24.5 Å². The van der Waals surface area contributed by atoms with E-state index in [0.29, 0.717) is 11.8 Å². The summed E-state index contributed by atoms with van der Waals surface area (Å²) in [5, 5.41) is 2.31. The highest BCUT2D eigenvalue weighted by Gasteiger charge is 2.67. The number of hydrogen-bond donors (Lipinski definition) is 1. The summed E-state index contributed by atoms with van der Waals surface area (Å²) < 4.78 is 40.1. The van der Waals surface area contributed by atoms with Crippen LogP contribution in [0.15, 0.2) is 60.7 Å². The molecule has 5 nitrogen and oxygen atoms in total. The van der Waals surface area contributed by atoms with E-state index in [1.165, 1.54) is 30.3 Å². The average molecular weight is 452 g/mol. The molecule has 8 heteroatoms. The van der Waals surface area contributed by atoms with Crippen molar-refractivity contribution in [2.24, 2.45) is 35.5 Å². The highest BCUT2D eigenvalue weighted by atomic mass is 19.4. The fourth-order valence-electron chi connectivity index (χ4n) is 6.08. The van der Waals surface area contributed by atoms with Gasteiger partial charge in [0, 0.05) is 0 Å². The van der Waals surface area contributed by atoms with Crippen molar-refractivity contribution >= 4 is 29.1 Å². The Bertz CT molecular complexity index is 1200. The molecule has 4 aliphatic carbocycles. The molecule has 33 heavy (non-hydrogen) atoms. The number of halogens is 3.